The van der Waals surface area contributed by atoms with Gasteiger partial charge in [0, 0.05) is 78.5 Å². The molecule has 0 unspecified atom stereocenters. The number of aliphatic hydroxyl groups excluding tert-OH is 2. The second kappa shape index (κ2) is 27.2. The van der Waals surface area contributed by atoms with Gasteiger partial charge in [-0.15, -0.1) is 0 Å². The van der Waals surface area contributed by atoms with E-state index >= 15 is 0 Å². The number of H-pyrrole nitrogens is 1. The lowest BCUT2D eigenvalue weighted by molar-refractivity contribution is -0.145. The Kier molecular flexibility index (Phi) is 18.6. The van der Waals surface area contributed by atoms with Gasteiger partial charge >= 0.3 is 0 Å². The number of phenolic OH excluding ortho intramolecular Hbond substituents is 2. The van der Waals surface area contributed by atoms with Crippen LogP contribution in [-0.2, 0) is 30.4 Å². The molecule has 9 atom stereocenters. The molecule has 1 aromatic heterocycles. The molecule has 92 heavy (non-hydrogen) atoms. The quantitative estimate of drug-likeness (QED) is 0.0186. The average molecular weight is 1250 g/mol. The van der Waals surface area contributed by atoms with E-state index in [2.05, 4.69) is 119 Å². The Balaban J connectivity index is 0.919. The summed E-state index contributed by atoms with van der Waals surface area (Å²) in [6.45, 7) is 6.33. The van der Waals surface area contributed by atoms with Gasteiger partial charge in [0.25, 0.3) is 0 Å². The van der Waals surface area contributed by atoms with Crippen LogP contribution in [-0.4, -0.2) is 112 Å². The van der Waals surface area contributed by atoms with Crippen molar-refractivity contribution in [1.29, 1.82) is 0 Å². The first kappa shape index (κ1) is 63.0. The zero-order valence-corrected chi connectivity index (χ0v) is 54.1. The molecule has 3 aliphatic heterocycles. The monoisotopic (exact) mass is 1250 g/mol. The number of rotatable bonds is 21. The molecule has 5 aliphatic carbocycles. The third kappa shape index (κ3) is 12.5. The van der Waals surface area contributed by atoms with Crippen LogP contribution in [0, 0.1) is 29.1 Å². The van der Waals surface area contributed by atoms with Gasteiger partial charge in [0.15, 0.2) is 17.6 Å². The summed E-state index contributed by atoms with van der Waals surface area (Å²) in [5.41, 5.74) is 10.6. The molecule has 1 spiro atoms. The Bertz CT molecular complexity index is 3690. The number of aromatic nitrogens is 1. The van der Waals surface area contributed by atoms with Crippen molar-refractivity contribution in [3.05, 3.63) is 141 Å². The molecule has 2 bridgehead atoms. The van der Waals surface area contributed by atoms with E-state index < -0.39 is 35.6 Å². The van der Waals surface area contributed by atoms with E-state index in [1.54, 1.807) is 6.07 Å². The predicted octanol–water partition coefficient (Wildman–Crippen LogP) is 12.5. The SMILES string of the molecule is CC(C)C[C@@](O)(CNCN[C@H]1C#CC[C@@H](CO)Oc2cc(ccc2O)[C@H]2Oc3c(c4c(c5c3CC[C@@H](CO)O5)-c3ccc(O)c5c3[C@H](C4)[C@@H](c3ccc4[nH]ccc4c3)C(CNCCCc3ccccc3)=C5)C[C@]12OCN[C@@H]1CCCC2(CCCC2)C1)C1CCCCC1. The molecular weight excluding hydrogens is 1150 g/mol. The highest BCUT2D eigenvalue weighted by atomic mass is 16.6. The highest BCUT2D eigenvalue weighted by Gasteiger charge is 2.56. The van der Waals surface area contributed by atoms with Crippen molar-refractivity contribution >= 4 is 17.0 Å². The summed E-state index contributed by atoms with van der Waals surface area (Å²) in [4.78, 5) is 3.44. The van der Waals surface area contributed by atoms with Crippen LogP contribution in [0.4, 0.5) is 0 Å². The number of hydrogen-bond donors (Lipinski definition) is 10. The van der Waals surface area contributed by atoms with Gasteiger partial charge in [-0.1, -0.05) is 113 Å². The van der Waals surface area contributed by atoms with Gasteiger partial charge in [-0.05, 0) is 200 Å². The van der Waals surface area contributed by atoms with Crippen LogP contribution in [0.1, 0.15) is 185 Å². The van der Waals surface area contributed by atoms with Gasteiger partial charge < -0.3 is 60.1 Å². The Morgan fingerprint density at radius 1 is 0.783 bits per heavy atom. The van der Waals surface area contributed by atoms with Gasteiger partial charge in [-0.3, -0.25) is 10.6 Å². The van der Waals surface area contributed by atoms with Gasteiger partial charge in [-0.25, -0.2) is 0 Å². The number of phenols is 2. The third-order valence-corrected chi connectivity index (χ3v) is 22.6. The molecule has 14 nitrogen and oxygen atoms in total. The largest absolute Gasteiger partial charge is 0.507 e. The number of fused-ring (bicyclic) bond motifs is 12. The molecule has 8 aliphatic rings. The fraction of sp³-hybridized carbons (Fsp3) is 0.538. The Morgan fingerprint density at radius 3 is 2.42 bits per heavy atom. The zero-order chi connectivity index (χ0) is 63.0. The van der Waals surface area contributed by atoms with Crippen LogP contribution in [0.15, 0.2) is 96.7 Å². The molecule has 14 heteroatoms. The number of aromatic amines is 1. The van der Waals surface area contributed by atoms with Crippen LogP contribution in [0.5, 0.6) is 28.7 Å². The summed E-state index contributed by atoms with van der Waals surface area (Å²) in [5, 5.41) is 75.1. The standard InChI is InChI=1S/C78H97N5O9/c1-49(2)40-77(88,55-17-7-4-8-18-55)46-80-47-82-69-21-11-20-57(44-84)90-68-38-53(23-28-67(68)87)75-78(69,89-48-83-56-19-12-33-76(41-56)31-9-10-32-76)42-64-61-39-63-70(52-22-27-65-51(36-52)30-35-81-65)54(43-79-34-13-16-50-14-5-3-6-15-50)37-62-66(86)29-26-59(71(62)63)72(61)74-60(73(64)92-75)25-24-58(45-85)91-74/h3,5-6,14-15,22-23,26-30,35-38,49,55-58,63,69-70,75,79-88H,4,7-10,12-13,16-20,24-25,31-34,39-48H2,1-2H3/t56-,57+,58+,63-,69+,70+,75-,77-,78+/m1/s1. The first-order valence-electron chi connectivity index (χ1n) is 35.1. The summed E-state index contributed by atoms with van der Waals surface area (Å²) in [6.07, 6.45) is 22.4. The highest BCUT2D eigenvalue weighted by Crippen LogP contribution is 2.62. The van der Waals surface area contributed by atoms with E-state index in [0.717, 1.165) is 119 Å². The number of aryl methyl sites for hydroxylation is 1. The van der Waals surface area contributed by atoms with Crippen molar-refractivity contribution < 1.29 is 44.5 Å². The minimum absolute atomic E-state index is 0.0554. The van der Waals surface area contributed by atoms with Gasteiger partial charge in [0.2, 0.25) is 0 Å². The molecule has 10 N–H and O–H groups in total. The van der Waals surface area contributed by atoms with Crippen LogP contribution in [0.3, 0.4) is 0 Å². The molecule has 3 saturated carbocycles. The lowest BCUT2D eigenvalue weighted by Gasteiger charge is -2.50. The van der Waals surface area contributed by atoms with Crippen LogP contribution in [0.2, 0.25) is 0 Å². The maximum Gasteiger partial charge on any atom is 0.161 e. The van der Waals surface area contributed by atoms with Crippen molar-refractivity contribution in [2.24, 2.45) is 17.3 Å². The summed E-state index contributed by atoms with van der Waals surface area (Å²) in [5.74, 6) is 9.36. The molecule has 3 fully saturated rings. The number of nitrogens with one attached hydrogen (secondary N) is 5. The van der Waals surface area contributed by atoms with E-state index in [1.165, 1.54) is 61.6 Å². The van der Waals surface area contributed by atoms with Crippen LogP contribution >= 0.6 is 0 Å². The summed E-state index contributed by atoms with van der Waals surface area (Å²) in [7, 11) is 0. The van der Waals surface area contributed by atoms with Crippen LogP contribution < -0.4 is 35.5 Å². The number of benzene rings is 5. The van der Waals surface area contributed by atoms with Crippen molar-refractivity contribution in [1.82, 2.24) is 26.3 Å². The average Bonchev–Trinajstić information content (AvgIpc) is 0.698. The maximum atomic E-state index is 12.7. The van der Waals surface area contributed by atoms with E-state index in [1.807, 2.05) is 24.4 Å². The Labute approximate surface area is 543 Å². The van der Waals surface area contributed by atoms with E-state index in [4.69, 9.17) is 18.9 Å². The second-order valence-electron chi connectivity index (χ2n) is 29.1. The fourth-order valence-electron chi connectivity index (χ4n) is 18.2. The maximum absolute atomic E-state index is 12.7. The molecule has 5 aromatic carbocycles. The van der Waals surface area contributed by atoms with Crippen molar-refractivity contribution in [3.8, 4) is 51.7 Å². The van der Waals surface area contributed by atoms with E-state index in [9.17, 15) is 25.5 Å². The minimum atomic E-state index is -1.29. The number of aliphatic hydroxyl groups is 3. The third-order valence-electron chi connectivity index (χ3n) is 22.6. The molecule has 4 heterocycles. The molecule has 14 rings (SSSR count). The van der Waals surface area contributed by atoms with Gasteiger partial charge in [-0.2, -0.15) is 0 Å². The summed E-state index contributed by atoms with van der Waals surface area (Å²) < 4.78 is 29.5. The first-order valence-corrected chi connectivity index (χ1v) is 35.1. The fourth-order valence-corrected chi connectivity index (χ4v) is 18.2. The summed E-state index contributed by atoms with van der Waals surface area (Å²) >= 11 is 0. The smallest absolute Gasteiger partial charge is 0.161 e. The number of ether oxygens (including phenoxy) is 4. The van der Waals surface area contributed by atoms with Crippen LogP contribution in [0.25, 0.3) is 28.1 Å². The zero-order valence-electron chi connectivity index (χ0n) is 54.1. The Hall–Kier alpha value is -6.38. The molecule has 6 aromatic rings. The number of hydrogen-bond acceptors (Lipinski definition) is 13. The highest BCUT2D eigenvalue weighted by molar-refractivity contribution is 5.90. The van der Waals surface area contributed by atoms with Crippen molar-refractivity contribution in [2.45, 2.75) is 202 Å². The van der Waals surface area contributed by atoms with E-state index in [-0.39, 0.29) is 67.4 Å². The van der Waals surface area contributed by atoms with Crippen molar-refractivity contribution in [3.63, 3.8) is 0 Å². The number of aromatic hydroxyl groups is 2. The molecular formula is C78H97N5O9. The van der Waals surface area contributed by atoms with E-state index in [0.29, 0.717) is 68.9 Å². The molecule has 0 amide bonds. The molecule has 0 radical (unpaired) electrons. The lowest BCUT2D eigenvalue weighted by atomic mass is 9.62. The topological polar surface area (TPSA) is 202 Å². The predicted molar refractivity (Wildman–Crippen MR) is 361 cm³/mol. The van der Waals surface area contributed by atoms with Gasteiger partial charge in [0.05, 0.1) is 25.5 Å². The van der Waals surface area contributed by atoms with Crippen molar-refractivity contribution in [2.75, 3.05) is 46.2 Å². The Morgan fingerprint density at radius 2 is 1.60 bits per heavy atom. The first-order chi connectivity index (χ1) is 44.9. The lowest BCUT2D eigenvalue weighted by Crippen LogP contribution is -2.62. The normalized spacial score (nSPS) is 26.1. The molecule has 0 saturated heterocycles. The molecule has 488 valence electrons. The second-order valence-corrected chi connectivity index (χ2v) is 29.1. The minimum Gasteiger partial charge on any atom is -0.507 e. The summed E-state index contributed by atoms with van der Waals surface area (Å²) in [6, 6.07) is 28.5. The van der Waals surface area contributed by atoms with Gasteiger partial charge in [0.1, 0.15) is 41.1 Å².